The van der Waals surface area contributed by atoms with E-state index < -0.39 is 6.10 Å². The molecule has 16 heavy (non-hydrogen) atoms. The second-order valence-electron chi connectivity index (χ2n) is 3.73. The molecule has 2 unspecified atom stereocenters. The fraction of sp³-hybridized carbons (Fsp3) is 0.286. The van der Waals surface area contributed by atoms with Crippen molar-refractivity contribution in [1.29, 1.82) is 0 Å². The third-order valence-electron chi connectivity index (χ3n) is 2.44. The first-order chi connectivity index (χ1) is 7.65. The highest BCUT2D eigenvalue weighted by Gasteiger charge is 2.15. The molecule has 0 aliphatic rings. The number of benzene rings is 1. The SMILES string of the molecule is C=CC(=C)C(O)C(C)OCc1ccccc1. The molecule has 0 aromatic heterocycles. The number of ether oxygens (including phenoxy) is 1. The van der Waals surface area contributed by atoms with Crippen molar-refractivity contribution >= 4 is 0 Å². The van der Waals surface area contributed by atoms with Crippen molar-refractivity contribution in [3.8, 4) is 0 Å². The molecule has 1 N–H and O–H groups in total. The molecule has 2 nitrogen and oxygen atoms in total. The zero-order chi connectivity index (χ0) is 12.0. The molecule has 2 atom stereocenters. The Morgan fingerprint density at radius 1 is 1.44 bits per heavy atom. The lowest BCUT2D eigenvalue weighted by atomic mass is 10.1. The molecule has 0 aliphatic heterocycles. The normalized spacial score (nSPS) is 14.1. The number of hydrogen-bond acceptors (Lipinski definition) is 2. The molecule has 0 amide bonds. The van der Waals surface area contributed by atoms with E-state index in [1.165, 1.54) is 0 Å². The predicted molar refractivity (Wildman–Crippen MR) is 66.0 cm³/mol. The highest BCUT2D eigenvalue weighted by atomic mass is 16.5. The van der Waals surface area contributed by atoms with E-state index in [1.54, 1.807) is 6.08 Å². The molecule has 0 heterocycles. The molecule has 86 valence electrons. The topological polar surface area (TPSA) is 29.5 Å². The first-order valence-electron chi connectivity index (χ1n) is 5.30. The van der Waals surface area contributed by atoms with Crippen LogP contribution < -0.4 is 0 Å². The van der Waals surface area contributed by atoms with Crippen molar-refractivity contribution < 1.29 is 9.84 Å². The highest BCUT2D eigenvalue weighted by molar-refractivity contribution is 5.18. The van der Waals surface area contributed by atoms with E-state index in [2.05, 4.69) is 13.2 Å². The van der Waals surface area contributed by atoms with Gasteiger partial charge in [-0.3, -0.25) is 0 Å². The van der Waals surface area contributed by atoms with Crippen LogP contribution in [0.1, 0.15) is 12.5 Å². The lowest BCUT2D eigenvalue weighted by Crippen LogP contribution is -2.26. The van der Waals surface area contributed by atoms with Crippen molar-refractivity contribution in [3.05, 3.63) is 60.7 Å². The minimum Gasteiger partial charge on any atom is -0.386 e. The molecular weight excluding hydrogens is 200 g/mol. The van der Waals surface area contributed by atoms with Crippen molar-refractivity contribution in [1.82, 2.24) is 0 Å². The summed E-state index contributed by atoms with van der Waals surface area (Å²) in [5, 5.41) is 9.77. The number of hydrogen-bond donors (Lipinski definition) is 1. The molecule has 0 fully saturated rings. The van der Waals surface area contributed by atoms with E-state index in [-0.39, 0.29) is 6.10 Å². The van der Waals surface area contributed by atoms with Crippen molar-refractivity contribution in [3.63, 3.8) is 0 Å². The number of aliphatic hydroxyl groups excluding tert-OH is 1. The van der Waals surface area contributed by atoms with E-state index in [4.69, 9.17) is 4.74 Å². The maximum Gasteiger partial charge on any atom is 0.104 e. The van der Waals surface area contributed by atoms with Gasteiger partial charge in [0.15, 0.2) is 0 Å². The van der Waals surface area contributed by atoms with Crippen LogP contribution >= 0.6 is 0 Å². The second-order valence-corrected chi connectivity index (χ2v) is 3.73. The van der Waals surface area contributed by atoms with E-state index in [0.29, 0.717) is 12.2 Å². The lowest BCUT2D eigenvalue weighted by molar-refractivity contribution is -0.0182. The van der Waals surface area contributed by atoms with Crippen molar-refractivity contribution in [2.75, 3.05) is 0 Å². The molecule has 0 spiro atoms. The summed E-state index contributed by atoms with van der Waals surface area (Å²) >= 11 is 0. The lowest BCUT2D eigenvalue weighted by Gasteiger charge is -2.19. The van der Waals surface area contributed by atoms with Gasteiger partial charge in [-0.05, 0) is 18.1 Å². The second kappa shape index (κ2) is 6.26. The fourth-order valence-electron chi connectivity index (χ4n) is 1.32. The molecule has 1 rings (SSSR count). The molecular formula is C14H18O2. The van der Waals surface area contributed by atoms with E-state index in [1.807, 2.05) is 37.3 Å². The standard InChI is InChI=1S/C14H18O2/c1-4-11(2)14(15)12(3)16-10-13-8-6-5-7-9-13/h4-9,12,14-15H,1-2,10H2,3H3. The maximum absolute atomic E-state index is 9.77. The molecule has 1 aromatic carbocycles. The van der Waals surface area contributed by atoms with E-state index in [9.17, 15) is 5.11 Å². The molecule has 0 saturated carbocycles. The molecule has 0 bridgehead atoms. The Kier molecular flexibility index (Phi) is 4.96. The molecule has 0 radical (unpaired) electrons. The van der Waals surface area contributed by atoms with Gasteiger partial charge in [0.05, 0.1) is 12.7 Å². The third kappa shape index (κ3) is 3.65. The van der Waals surface area contributed by atoms with Gasteiger partial charge in [0, 0.05) is 0 Å². The fourth-order valence-corrected chi connectivity index (χ4v) is 1.32. The summed E-state index contributed by atoms with van der Waals surface area (Å²) in [4.78, 5) is 0. The molecule has 0 aliphatic carbocycles. The largest absolute Gasteiger partial charge is 0.386 e. The van der Waals surface area contributed by atoms with Crippen LogP contribution in [-0.4, -0.2) is 17.3 Å². The van der Waals surface area contributed by atoms with Crippen molar-refractivity contribution in [2.24, 2.45) is 0 Å². The summed E-state index contributed by atoms with van der Waals surface area (Å²) in [5.74, 6) is 0. The summed E-state index contributed by atoms with van der Waals surface area (Å²) in [6, 6.07) is 9.86. The van der Waals surface area contributed by atoms with Crippen LogP contribution in [0.15, 0.2) is 55.1 Å². The Bertz CT molecular complexity index is 343. The molecule has 2 heteroatoms. The molecule has 1 aromatic rings. The third-order valence-corrected chi connectivity index (χ3v) is 2.44. The summed E-state index contributed by atoms with van der Waals surface area (Å²) in [5.41, 5.74) is 1.67. The quantitative estimate of drug-likeness (QED) is 0.744. The van der Waals surface area contributed by atoms with E-state index >= 15 is 0 Å². The van der Waals surface area contributed by atoms with Crippen LogP contribution in [0.3, 0.4) is 0 Å². The summed E-state index contributed by atoms with van der Waals surface area (Å²) in [7, 11) is 0. The predicted octanol–water partition coefficient (Wildman–Crippen LogP) is 2.69. The number of aliphatic hydroxyl groups is 1. The number of rotatable bonds is 6. The minimum absolute atomic E-state index is 0.286. The first-order valence-corrected chi connectivity index (χ1v) is 5.30. The Labute approximate surface area is 96.9 Å². The van der Waals surface area contributed by atoms with Gasteiger partial charge in [0.1, 0.15) is 6.10 Å². The maximum atomic E-state index is 9.77. The van der Waals surface area contributed by atoms with Crippen LogP contribution in [0.5, 0.6) is 0 Å². The van der Waals surface area contributed by atoms with Gasteiger partial charge >= 0.3 is 0 Å². The van der Waals surface area contributed by atoms with Crippen LogP contribution in [0, 0.1) is 0 Å². The molecule has 0 saturated heterocycles. The van der Waals surface area contributed by atoms with Gasteiger partial charge in [-0.25, -0.2) is 0 Å². The Morgan fingerprint density at radius 2 is 2.06 bits per heavy atom. The Hall–Kier alpha value is -1.38. The summed E-state index contributed by atoms with van der Waals surface area (Å²) in [6.45, 7) is 9.58. The summed E-state index contributed by atoms with van der Waals surface area (Å²) in [6.07, 6.45) is 0.569. The summed E-state index contributed by atoms with van der Waals surface area (Å²) < 4.78 is 5.55. The van der Waals surface area contributed by atoms with Gasteiger partial charge < -0.3 is 9.84 Å². The monoisotopic (exact) mass is 218 g/mol. The van der Waals surface area contributed by atoms with Gasteiger partial charge in [0.25, 0.3) is 0 Å². The van der Waals surface area contributed by atoms with E-state index in [0.717, 1.165) is 5.56 Å². The van der Waals surface area contributed by atoms with Crippen LogP contribution in [0.4, 0.5) is 0 Å². The van der Waals surface area contributed by atoms with Gasteiger partial charge in [0.2, 0.25) is 0 Å². The average molecular weight is 218 g/mol. The van der Waals surface area contributed by atoms with Gasteiger partial charge in [-0.2, -0.15) is 0 Å². The van der Waals surface area contributed by atoms with Crippen LogP contribution in [0.25, 0.3) is 0 Å². The Balaban J connectivity index is 2.44. The van der Waals surface area contributed by atoms with Gasteiger partial charge in [-0.1, -0.05) is 49.6 Å². The zero-order valence-corrected chi connectivity index (χ0v) is 9.60. The first kappa shape index (κ1) is 12.7. The van der Waals surface area contributed by atoms with Crippen LogP contribution in [-0.2, 0) is 11.3 Å². The van der Waals surface area contributed by atoms with Crippen molar-refractivity contribution in [2.45, 2.75) is 25.7 Å². The smallest absolute Gasteiger partial charge is 0.104 e. The average Bonchev–Trinajstić information content (AvgIpc) is 2.35. The van der Waals surface area contributed by atoms with Gasteiger partial charge in [-0.15, -0.1) is 0 Å². The zero-order valence-electron chi connectivity index (χ0n) is 9.60. The minimum atomic E-state index is -0.693. The Morgan fingerprint density at radius 3 is 2.62 bits per heavy atom. The highest BCUT2D eigenvalue weighted by Crippen LogP contribution is 2.11. The van der Waals surface area contributed by atoms with Crippen LogP contribution in [0.2, 0.25) is 0 Å².